The van der Waals surface area contributed by atoms with Gasteiger partial charge in [0.05, 0.1) is 56.0 Å². The highest BCUT2D eigenvalue weighted by atomic mass is 19.1. The van der Waals surface area contributed by atoms with Crippen molar-refractivity contribution in [3.63, 3.8) is 0 Å². The minimum atomic E-state index is -0.831. The number of urea groups is 1. The Morgan fingerprint density at radius 3 is 2.46 bits per heavy atom. The third-order valence-corrected chi connectivity index (χ3v) is 8.69. The van der Waals surface area contributed by atoms with E-state index >= 15 is 0 Å². The number of para-hydroxylation sites is 1. The standard InChI is InChI=1S/C34H39FN8O5.3H2/c1-22(42(29-13-12-25(47-2)20-30(29)48-3)34(46)38-24-10-8-23(35)9-11-24)31-39-27-7-5-4-6-26(27)32(44)43(31)41-18-16-40(17-19-41)33(45)28-21-36-14-15-37-28;;;/h4-13,20,22,28,36-37H,14-19,21H2,1-3H3,(H,38,46);3*1H. The summed E-state index contributed by atoms with van der Waals surface area (Å²) in [7, 11) is 3.02. The van der Waals surface area contributed by atoms with Crippen LogP contribution < -0.4 is 40.9 Å². The molecule has 3 N–H and O–H groups in total. The van der Waals surface area contributed by atoms with Crippen LogP contribution in [0.2, 0.25) is 0 Å². The molecule has 1 aromatic heterocycles. The normalized spacial score (nSPS) is 17.1. The summed E-state index contributed by atoms with van der Waals surface area (Å²) in [5.74, 6) is 0.768. The Hall–Kier alpha value is -5.21. The van der Waals surface area contributed by atoms with E-state index in [9.17, 15) is 18.8 Å². The molecule has 6 rings (SSSR count). The van der Waals surface area contributed by atoms with Gasteiger partial charge in [-0.15, -0.1) is 0 Å². The van der Waals surface area contributed by atoms with Gasteiger partial charge in [0.2, 0.25) is 5.91 Å². The van der Waals surface area contributed by atoms with Crippen molar-refractivity contribution < 1.29 is 27.7 Å². The van der Waals surface area contributed by atoms with Crippen LogP contribution in [0.3, 0.4) is 0 Å². The zero-order valence-corrected chi connectivity index (χ0v) is 27.1. The molecular formula is C34H45FN8O5. The van der Waals surface area contributed by atoms with E-state index in [1.165, 1.54) is 48.1 Å². The van der Waals surface area contributed by atoms with Gasteiger partial charge in [0.25, 0.3) is 5.56 Å². The van der Waals surface area contributed by atoms with Crippen LogP contribution >= 0.6 is 0 Å². The maximum atomic E-state index is 14.3. The smallest absolute Gasteiger partial charge is 0.327 e. The Morgan fingerprint density at radius 2 is 1.77 bits per heavy atom. The SMILES string of the molecule is COc1ccc(N(C(=O)Nc2ccc(F)cc2)C(C)c2nc3ccccc3c(=O)n2N2CCN(C(=O)C3CNCCN3)CC2)c(OC)c1.[HH].[HH].[HH]. The minimum absolute atomic E-state index is 0. The number of rotatable bonds is 8. The van der Waals surface area contributed by atoms with E-state index in [2.05, 4.69) is 16.0 Å². The molecule has 2 unspecified atom stereocenters. The lowest BCUT2D eigenvalue weighted by molar-refractivity contribution is -0.134. The van der Waals surface area contributed by atoms with Gasteiger partial charge < -0.3 is 35.3 Å². The van der Waals surface area contributed by atoms with E-state index in [0.29, 0.717) is 72.3 Å². The minimum Gasteiger partial charge on any atom is -0.497 e. The second-order valence-electron chi connectivity index (χ2n) is 11.6. The molecule has 48 heavy (non-hydrogen) atoms. The zero-order chi connectivity index (χ0) is 33.8. The number of carbonyl (C=O) groups is 2. The second kappa shape index (κ2) is 14.3. The highest BCUT2D eigenvalue weighted by Gasteiger charge is 2.34. The van der Waals surface area contributed by atoms with Crippen molar-refractivity contribution in [2.75, 3.05) is 75.3 Å². The molecule has 2 saturated heterocycles. The molecule has 2 aliphatic heterocycles. The predicted molar refractivity (Wildman–Crippen MR) is 187 cm³/mol. The Bertz CT molecular complexity index is 1850. The van der Waals surface area contributed by atoms with Gasteiger partial charge in [-0.1, -0.05) is 12.1 Å². The van der Waals surface area contributed by atoms with Crippen molar-refractivity contribution in [3.05, 3.63) is 88.7 Å². The molecule has 0 aliphatic carbocycles. The number of halogens is 1. The van der Waals surface area contributed by atoms with E-state index in [0.717, 1.165) is 13.1 Å². The summed E-state index contributed by atoms with van der Waals surface area (Å²) in [6.45, 7) is 5.45. The summed E-state index contributed by atoms with van der Waals surface area (Å²) in [6.07, 6.45) is 0. The number of ether oxygens (including phenoxy) is 2. The van der Waals surface area contributed by atoms with Gasteiger partial charge in [-0.2, -0.15) is 0 Å². The first kappa shape index (κ1) is 32.7. The van der Waals surface area contributed by atoms with Crippen LogP contribution in [0.15, 0.2) is 71.5 Å². The lowest BCUT2D eigenvalue weighted by atomic mass is 10.1. The fourth-order valence-electron chi connectivity index (χ4n) is 6.16. The Labute approximate surface area is 281 Å². The van der Waals surface area contributed by atoms with Crippen LogP contribution in [-0.2, 0) is 4.79 Å². The van der Waals surface area contributed by atoms with Crippen LogP contribution in [0.5, 0.6) is 11.5 Å². The van der Waals surface area contributed by atoms with Crippen LogP contribution in [0, 0.1) is 5.82 Å². The quantitative estimate of drug-likeness (QED) is 0.259. The Morgan fingerprint density at radius 1 is 1.02 bits per heavy atom. The topological polar surface area (TPSA) is 133 Å². The molecule has 3 heterocycles. The number of nitrogens with one attached hydrogen (secondary N) is 3. The first-order valence-corrected chi connectivity index (χ1v) is 15.9. The summed E-state index contributed by atoms with van der Waals surface area (Å²) in [5, 5.41) is 11.7. The number of anilines is 2. The summed E-state index contributed by atoms with van der Waals surface area (Å²) < 4.78 is 26.3. The lowest BCUT2D eigenvalue weighted by Crippen LogP contribution is -2.62. The Balaban J connectivity index is 0.00000234. The first-order valence-electron chi connectivity index (χ1n) is 15.9. The number of nitrogens with zero attached hydrogens (tertiary/aromatic N) is 5. The van der Waals surface area contributed by atoms with Crippen molar-refractivity contribution in [1.82, 2.24) is 25.2 Å². The van der Waals surface area contributed by atoms with Gasteiger partial charge in [-0.3, -0.25) is 14.5 Å². The summed E-state index contributed by atoms with van der Waals surface area (Å²) in [5.41, 5.74) is 0.952. The van der Waals surface area contributed by atoms with Gasteiger partial charge in [0.1, 0.15) is 17.3 Å². The molecule has 0 spiro atoms. The number of benzene rings is 3. The molecule has 3 aromatic carbocycles. The summed E-state index contributed by atoms with van der Waals surface area (Å²) >= 11 is 0. The highest BCUT2D eigenvalue weighted by Crippen LogP contribution is 2.37. The fraction of sp³-hybridized carbons (Fsp3) is 0.353. The molecule has 2 aliphatic rings. The number of aromatic nitrogens is 2. The van der Waals surface area contributed by atoms with Crippen molar-refractivity contribution in [2.24, 2.45) is 0 Å². The number of fused-ring (bicyclic) bond motifs is 1. The largest absolute Gasteiger partial charge is 0.497 e. The van der Waals surface area contributed by atoms with Crippen molar-refractivity contribution in [2.45, 2.75) is 19.0 Å². The molecule has 0 radical (unpaired) electrons. The molecule has 3 amide bonds. The van der Waals surface area contributed by atoms with E-state index < -0.39 is 17.9 Å². The number of hydrogen-bond acceptors (Lipinski definition) is 9. The third-order valence-electron chi connectivity index (χ3n) is 8.69. The maximum absolute atomic E-state index is 14.3. The van der Waals surface area contributed by atoms with Crippen LogP contribution in [-0.4, -0.2) is 92.6 Å². The monoisotopic (exact) mass is 664 g/mol. The van der Waals surface area contributed by atoms with Crippen molar-refractivity contribution >= 4 is 34.2 Å². The molecule has 4 aromatic rings. The predicted octanol–water partition coefficient (Wildman–Crippen LogP) is 3.43. The molecule has 2 fully saturated rings. The lowest BCUT2D eigenvalue weighted by Gasteiger charge is -2.40. The molecule has 14 heteroatoms. The summed E-state index contributed by atoms with van der Waals surface area (Å²) in [6, 6.07) is 15.9. The average Bonchev–Trinajstić information content (AvgIpc) is 3.13. The third kappa shape index (κ3) is 6.62. The zero-order valence-electron chi connectivity index (χ0n) is 27.1. The summed E-state index contributed by atoms with van der Waals surface area (Å²) in [4.78, 5) is 49.9. The van der Waals surface area contributed by atoms with E-state index in [1.54, 1.807) is 49.4 Å². The van der Waals surface area contributed by atoms with Gasteiger partial charge >= 0.3 is 6.03 Å². The maximum Gasteiger partial charge on any atom is 0.327 e. The average molecular weight is 665 g/mol. The van der Waals surface area contributed by atoms with Gasteiger partial charge in [0, 0.05) is 48.8 Å². The first-order chi connectivity index (χ1) is 23.3. The number of amides is 3. The van der Waals surface area contributed by atoms with Crippen LogP contribution in [0.1, 0.15) is 23.1 Å². The van der Waals surface area contributed by atoms with Gasteiger partial charge in [-0.05, 0) is 55.5 Å². The molecule has 258 valence electrons. The number of methoxy groups -OCH3 is 2. The van der Waals surface area contributed by atoms with E-state index in [-0.39, 0.29) is 21.8 Å². The molecule has 0 bridgehead atoms. The number of piperazine rings is 2. The van der Waals surface area contributed by atoms with E-state index in [4.69, 9.17) is 14.5 Å². The number of hydrogen-bond donors (Lipinski definition) is 3. The fourth-order valence-corrected chi connectivity index (χ4v) is 6.16. The molecular weight excluding hydrogens is 619 g/mol. The van der Waals surface area contributed by atoms with Crippen molar-refractivity contribution in [3.8, 4) is 11.5 Å². The Kier molecular flexibility index (Phi) is 9.73. The second-order valence-corrected chi connectivity index (χ2v) is 11.6. The molecule has 2 atom stereocenters. The highest BCUT2D eigenvalue weighted by molar-refractivity contribution is 6.03. The van der Waals surface area contributed by atoms with Crippen molar-refractivity contribution in [1.29, 1.82) is 0 Å². The van der Waals surface area contributed by atoms with Crippen LogP contribution in [0.25, 0.3) is 10.9 Å². The van der Waals surface area contributed by atoms with Crippen LogP contribution in [0.4, 0.5) is 20.6 Å². The van der Waals surface area contributed by atoms with Gasteiger partial charge in [0.15, 0.2) is 5.82 Å². The molecule has 0 saturated carbocycles. The van der Waals surface area contributed by atoms with Gasteiger partial charge in [-0.25, -0.2) is 18.8 Å². The molecule has 13 nitrogen and oxygen atoms in total. The number of carbonyl (C=O) groups excluding carboxylic acids is 2. The van der Waals surface area contributed by atoms with E-state index in [1.807, 2.05) is 9.91 Å².